The molecular weight excluding hydrogens is 314 g/mol. The number of aryl methyl sites for hydroxylation is 1. The average molecular weight is 337 g/mol. The lowest BCUT2D eigenvalue weighted by atomic mass is 9.87. The molecule has 0 atom stereocenters. The smallest absolute Gasteiger partial charge is 0.261 e. The summed E-state index contributed by atoms with van der Waals surface area (Å²) in [5.41, 5.74) is 1.95. The monoisotopic (exact) mass is 337 g/mol. The highest BCUT2D eigenvalue weighted by Crippen LogP contribution is 2.25. The zero-order valence-corrected chi connectivity index (χ0v) is 14.9. The van der Waals surface area contributed by atoms with Crippen molar-refractivity contribution in [1.82, 2.24) is 14.5 Å². The normalized spacial score (nSPS) is 11.6. The zero-order valence-electron chi connectivity index (χ0n) is 14.9. The first-order valence-corrected chi connectivity index (χ1v) is 8.48. The van der Waals surface area contributed by atoms with Crippen molar-refractivity contribution < 1.29 is 4.74 Å². The molecule has 0 saturated heterocycles. The van der Waals surface area contributed by atoms with Gasteiger partial charge < -0.3 is 9.30 Å². The van der Waals surface area contributed by atoms with Gasteiger partial charge in [0.25, 0.3) is 5.56 Å². The largest absolute Gasteiger partial charge is 0.494 e. The van der Waals surface area contributed by atoms with Gasteiger partial charge in [-0.3, -0.25) is 4.79 Å². The second-order valence-corrected chi connectivity index (χ2v) is 7.12. The van der Waals surface area contributed by atoms with Gasteiger partial charge in [-0.15, -0.1) is 0 Å². The van der Waals surface area contributed by atoms with E-state index in [-0.39, 0.29) is 11.0 Å². The van der Waals surface area contributed by atoms with Crippen molar-refractivity contribution in [3.05, 3.63) is 65.0 Å². The summed E-state index contributed by atoms with van der Waals surface area (Å²) < 4.78 is 7.53. The number of hydrogen-bond acceptors (Lipinski definition) is 4. The second kappa shape index (κ2) is 7.05. The number of pyridine rings is 1. The standard InChI is InChI=1S/C20H23N3O2/c1-20(2,3)15-6-4-7-16(12-15)25-11-5-9-23-10-8-18-17(19(23)24)13-21-14-22-18/h4,6-8,10,12-14H,5,9,11H2,1-3H3. The van der Waals surface area contributed by atoms with Crippen molar-refractivity contribution >= 4 is 10.9 Å². The highest BCUT2D eigenvalue weighted by molar-refractivity contribution is 5.75. The molecule has 0 aliphatic heterocycles. The van der Waals surface area contributed by atoms with Gasteiger partial charge in [0.15, 0.2) is 0 Å². The summed E-state index contributed by atoms with van der Waals surface area (Å²) in [6.07, 6.45) is 5.54. The van der Waals surface area contributed by atoms with Gasteiger partial charge in [0.2, 0.25) is 0 Å². The summed E-state index contributed by atoms with van der Waals surface area (Å²) in [6.45, 7) is 7.71. The molecule has 2 heterocycles. The first-order valence-electron chi connectivity index (χ1n) is 8.48. The molecule has 5 nitrogen and oxygen atoms in total. The van der Waals surface area contributed by atoms with Crippen molar-refractivity contribution in [2.24, 2.45) is 0 Å². The first-order chi connectivity index (χ1) is 11.9. The molecule has 5 heteroatoms. The summed E-state index contributed by atoms with van der Waals surface area (Å²) in [5, 5.41) is 0.545. The van der Waals surface area contributed by atoms with E-state index < -0.39 is 0 Å². The Hall–Kier alpha value is -2.69. The summed E-state index contributed by atoms with van der Waals surface area (Å²) in [6, 6.07) is 10.0. The molecule has 3 aromatic rings. The number of fused-ring (bicyclic) bond motifs is 1. The molecule has 0 bridgehead atoms. The third-order valence-corrected chi connectivity index (χ3v) is 4.16. The minimum atomic E-state index is -0.0622. The Balaban J connectivity index is 1.61. The topological polar surface area (TPSA) is 57.0 Å². The molecule has 1 aromatic carbocycles. The number of rotatable bonds is 5. The Kier molecular flexibility index (Phi) is 4.83. The maximum absolute atomic E-state index is 12.4. The van der Waals surface area contributed by atoms with Crippen LogP contribution in [0.1, 0.15) is 32.8 Å². The summed E-state index contributed by atoms with van der Waals surface area (Å²) >= 11 is 0. The van der Waals surface area contributed by atoms with Crippen molar-refractivity contribution in [2.45, 2.75) is 39.2 Å². The third-order valence-electron chi connectivity index (χ3n) is 4.16. The van der Waals surface area contributed by atoms with E-state index in [1.807, 2.05) is 18.2 Å². The van der Waals surface area contributed by atoms with E-state index in [1.165, 1.54) is 11.9 Å². The molecule has 2 aromatic heterocycles. The van der Waals surface area contributed by atoms with Crippen molar-refractivity contribution in [2.75, 3.05) is 6.61 Å². The fraction of sp³-hybridized carbons (Fsp3) is 0.350. The van der Waals surface area contributed by atoms with Gasteiger partial charge in [-0.1, -0.05) is 32.9 Å². The van der Waals surface area contributed by atoms with Gasteiger partial charge in [-0.25, -0.2) is 9.97 Å². The minimum Gasteiger partial charge on any atom is -0.494 e. The fourth-order valence-electron chi connectivity index (χ4n) is 2.67. The lowest BCUT2D eigenvalue weighted by molar-refractivity contribution is 0.300. The van der Waals surface area contributed by atoms with Gasteiger partial charge in [-0.2, -0.15) is 0 Å². The van der Waals surface area contributed by atoms with E-state index >= 15 is 0 Å². The van der Waals surface area contributed by atoms with Gasteiger partial charge in [0.05, 0.1) is 17.5 Å². The molecule has 0 amide bonds. The SMILES string of the molecule is CC(C)(C)c1cccc(OCCCn2ccc3ncncc3c2=O)c1. The minimum absolute atomic E-state index is 0.0622. The summed E-state index contributed by atoms with van der Waals surface area (Å²) in [5.74, 6) is 0.867. The van der Waals surface area contributed by atoms with Crippen LogP contribution in [-0.4, -0.2) is 21.1 Å². The quantitative estimate of drug-likeness (QED) is 0.668. The molecule has 0 saturated carbocycles. The lowest BCUT2D eigenvalue weighted by Gasteiger charge is -2.19. The van der Waals surface area contributed by atoms with Crippen LogP contribution in [0.15, 0.2) is 53.8 Å². The van der Waals surface area contributed by atoms with Crippen LogP contribution in [0.4, 0.5) is 0 Å². The van der Waals surface area contributed by atoms with E-state index in [2.05, 4.69) is 42.9 Å². The van der Waals surface area contributed by atoms with E-state index in [0.29, 0.717) is 24.1 Å². The van der Waals surface area contributed by atoms with Crippen LogP contribution in [-0.2, 0) is 12.0 Å². The van der Waals surface area contributed by atoms with E-state index in [9.17, 15) is 4.79 Å². The summed E-state index contributed by atoms with van der Waals surface area (Å²) in [7, 11) is 0. The Morgan fingerprint density at radius 3 is 2.84 bits per heavy atom. The van der Waals surface area contributed by atoms with Crippen LogP contribution in [0.25, 0.3) is 10.9 Å². The summed E-state index contributed by atoms with van der Waals surface area (Å²) in [4.78, 5) is 20.4. The predicted molar refractivity (Wildman–Crippen MR) is 99.1 cm³/mol. The van der Waals surface area contributed by atoms with Crippen LogP contribution in [0, 0.1) is 0 Å². The Morgan fingerprint density at radius 2 is 2.04 bits per heavy atom. The van der Waals surface area contributed by atoms with Gasteiger partial charge in [0.1, 0.15) is 12.1 Å². The van der Waals surface area contributed by atoms with Crippen LogP contribution in [0.2, 0.25) is 0 Å². The zero-order chi connectivity index (χ0) is 17.9. The van der Waals surface area contributed by atoms with Crippen molar-refractivity contribution in [1.29, 1.82) is 0 Å². The average Bonchev–Trinajstić information content (AvgIpc) is 2.60. The van der Waals surface area contributed by atoms with Crippen LogP contribution < -0.4 is 10.3 Å². The number of ether oxygens (including phenoxy) is 1. The molecule has 0 aliphatic rings. The third kappa shape index (κ3) is 4.05. The van der Waals surface area contributed by atoms with Crippen LogP contribution in [0.3, 0.4) is 0 Å². The van der Waals surface area contributed by atoms with Crippen molar-refractivity contribution in [3.8, 4) is 5.75 Å². The molecular formula is C20H23N3O2. The van der Waals surface area contributed by atoms with E-state index in [0.717, 1.165) is 12.2 Å². The second-order valence-electron chi connectivity index (χ2n) is 7.12. The van der Waals surface area contributed by atoms with E-state index in [4.69, 9.17) is 4.74 Å². The van der Waals surface area contributed by atoms with E-state index in [1.54, 1.807) is 17.0 Å². The molecule has 25 heavy (non-hydrogen) atoms. The maximum atomic E-state index is 12.4. The van der Waals surface area contributed by atoms with Crippen LogP contribution in [0.5, 0.6) is 5.75 Å². The first kappa shape index (κ1) is 17.1. The van der Waals surface area contributed by atoms with Gasteiger partial charge in [0, 0.05) is 18.9 Å². The van der Waals surface area contributed by atoms with Crippen LogP contribution >= 0.6 is 0 Å². The highest BCUT2D eigenvalue weighted by atomic mass is 16.5. The van der Waals surface area contributed by atoms with Gasteiger partial charge in [-0.05, 0) is 35.6 Å². The predicted octanol–water partition coefficient (Wildman–Crippen LogP) is 3.56. The molecule has 0 spiro atoms. The Bertz CT molecular complexity index is 926. The number of nitrogens with zero attached hydrogens (tertiary/aromatic N) is 3. The Morgan fingerprint density at radius 1 is 1.20 bits per heavy atom. The fourth-order valence-corrected chi connectivity index (χ4v) is 2.67. The van der Waals surface area contributed by atoms with Crippen molar-refractivity contribution in [3.63, 3.8) is 0 Å². The molecule has 0 unspecified atom stereocenters. The number of aromatic nitrogens is 3. The van der Waals surface area contributed by atoms with Gasteiger partial charge >= 0.3 is 0 Å². The molecule has 0 radical (unpaired) electrons. The molecule has 0 aliphatic carbocycles. The lowest BCUT2D eigenvalue weighted by Crippen LogP contribution is -2.21. The Labute approximate surface area is 147 Å². The number of benzene rings is 1. The number of hydrogen-bond donors (Lipinski definition) is 0. The highest BCUT2D eigenvalue weighted by Gasteiger charge is 2.13. The molecule has 3 rings (SSSR count). The maximum Gasteiger partial charge on any atom is 0.261 e. The molecule has 0 N–H and O–H groups in total. The molecule has 130 valence electrons. The molecule has 0 fully saturated rings.